The first kappa shape index (κ1) is 18.6. The van der Waals surface area contributed by atoms with Gasteiger partial charge >= 0.3 is 5.97 Å². The van der Waals surface area contributed by atoms with Crippen LogP contribution in [0.1, 0.15) is 52.9 Å². The third kappa shape index (κ3) is 2.79. The standard InChI is InChI=1S/C19H30O7/c1-11-5-6-14-12(2)16(22-10-8-15(20)21-4)23-17-19(14)13(11)7-9-18(3,24-17)25-26-19/h11-14,16-17H,5-10H2,1-4H3/t11-,12-,13+,14+,16+,17-,18+,19-/m1/s1. The highest BCUT2D eigenvalue weighted by atomic mass is 17.3. The lowest BCUT2D eigenvalue weighted by atomic mass is 9.58. The number of carbonyl (C=O) groups is 1. The van der Waals surface area contributed by atoms with Crippen molar-refractivity contribution in [3.8, 4) is 0 Å². The van der Waals surface area contributed by atoms with E-state index in [1.165, 1.54) is 7.11 Å². The van der Waals surface area contributed by atoms with Gasteiger partial charge in [0.1, 0.15) is 0 Å². The fraction of sp³-hybridized carbons (Fsp3) is 0.947. The second-order valence-corrected chi connectivity index (χ2v) is 8.47. The van der Waals surface area contributed by atoms with Gasteiger partial charge in [0.15, 0.2) is 18.2 Å². The molecule has 5 rings (SSSR count). The van der Waals surface area contributed by atoms with Gasteiger partial charge in [-0.25, -0.2) is 9.78 Å². The van der Waals surface area contributed by atoms with Crippen molar-refractivity contribution in [2.45, 2.75) is 76.8 Å². The van der Waals surface area contributed by atoms with E-state index >= 15 is 0 Å². The van der Waals surface area contributed by atoms with Crippen LogP contribution in [-0.4, -0.2) is 43.7 Å². The predicted octanol–water partition coefficient (Wildman–Crippen LogP) is 2.77. The fourth-order valence-corrected chi connectivity index (χ4v) is 5.42. The molecule has 0 radical (unpaired) electrons. The largest absolute Gasteiger partial charge is 0.469 e. The number of ether oxygens (including phenoxy) is 4. The van der Waals surface area contributed by atoms with Crippen molar-refractivity contribution in [2.75, 3.05) is 13.7 Å². The average molecular weight is 370 g/mol. The van der Waals surface area contributed by atoms with E-state index in [9.17, 15) is 4.79 Å². The van der Waals surface area contributed by atoms with Crippen LogP contribution in [0.15, 0.2) is 0 Å². The van der Waals surface area contributed by atoms with Gasteiger partial charge in [-0.05, 0) is 38.0 Å². The Morgan fingerprint density at radius 3 is 2.73 bits per heavy atom. The van der Waals surface area contributed by atoms with Gasteiger partial charge in [-0.1, -0.05) is 13.8 Å². The molecule has 1 aliphatic carbocycles. The fourth-order valence-electron chi connectivity index (χ4n) is 5.42. The first-order valence-corrected chi connectivity index (χ1v) is 9.78. The first-order valence-electron chi connectivity index (χ1n) is 9.78. The summed E-state index contributed by atoms with van der Waals surface area (Å²) in [6, 6.07) is 0. The number of carbonyl (C=O) groups excluding carboxylic acids is 1. The van der Waals surface area contributed by atoms with Gasteiger partial charge < -0.3 is 18.9 Å². The molecule has 0 aromatic carbocycles. The van der Waals surface area contributed by atoms with E-state index in [2.05, 4.69) is 18.6 Å². The van der Waals surface area contributed by atoms with Crippen molar-refractivity contribution in [1.29, 1.82) is 0 Å². The summed E-state index contributed by atoms with van der Waals surface area (Å²) >= 11 is 0. The molecular formula is C19H30O7. The molecule has 148 valence electrons. The molecule has 5 fully saturated rings. The summed E-state index contributed by atoms with van der Waals surface area (Å²) in [5.74, 6) is 0.157. The van der Waals surface area contributed by atoms with Crippen molar-refractivity contribution in [2.24, 2.45) is 23.7 Å². The quantitative estimate of drug-likeness (QED) is 0.556. The summed E-state index contributed by atoms with van der Waals surface area (Å²) in [6.45, 7) is 6.60. The molecule has 2 bridgehead atoms. The molecule has 7 nitrogen and oxygen atoms in total. The Hall–Kier alpha value is -0.730. The molecule has 1 saturated carbocycles. The highest BCUT2D eigenvalue weighted by molar-refractivity contribution is 5.69. The van der Waals surface area contributed by atoms with E-state index in [0.717, 1.165) is 25.7 Å². The number of rotatable bonds is 4. The third-order valence-corrected chi connectivity index (χ3v) is 6.91. The Morgan fingerprint density at radius 1 is 1.15 bits per heavy atom. The SMILES string of the molecule is COC(=O)CCO[C@H]1O[C@@H]2O[C@]3(C)CC[C@H]4[C@H](C)CC[C@@H]([C@H]1C)[C@@]24OO3. The lowest BCUT2D eigenvalue weighted by molar-refractivity contribution is -0.577. The van der Waals surface area contributed by atoms with Gasteiger partial charge in [-0.15, -0.1) is 0 Å². The van der Waals surface area contributed by atoms with Gasteiger partial charge in [-0.3, -0.25) is 4.79 Å². The second-order valence-electron chi connectivity index (χ2n) is 8.47. The molecule has 5 aliphatic rings. The summed E-state index contributed by atoms with van der Waals surface area (Å²) in [5.41, 5.74) is -0.574. The van der Waals surface area contributed by atoms with Gasteiger partial charge in [0.05, 0.1) is 20.1 Å². The molecule has 0 amide bonds. The molecule has 7 heteroatoms. The Balaban J connectivity index is 1.57. The van der Waals surface area contributed by atoms with Crippen LogP contribution < -0.4 is 0 Å². The van der Waals surface area contributed by atoms with Crippen LogP contribution >= 0.6 is 0 Å². The normalized spacial score (nSPS) is 50.0. The third-order valence-electron chi connectivity index (χ3n) is 6.91. The summed E-state index contributed by atoms with van der Waals surface area (Å²) in [5, 5.41) is 0. The molecule has 4 heterocycles. The molecule has 1 spiro atoms. The molecule has 0 aromatic heterocycles. The van der Waals surface area contributed by atoms with Gasteiger partial charge in [0.25, 0.3) is 0 Å². The van der Waals surface area contributed by atoms with Crippen LogP contribution in [0.4, 0.5) is 0 Å². The van der Waals surface area contributed by atoms with E-state index in [1.807, 2.05) is 6.92 Å². The lowest BCUT2D eigenvalue weighted by Crippen LogP contribution is -2.70. The van der Waals surface area contributed by atoms with Crippen LogP contribution in [-0.2, 0) is 33.5 Å². The van der Waals surface area contributed by atoms with Crippen molar-refractivity contribution in [3.05, 3.63) is 0 Å². The number of hydrogen-bond donors (Lipinski definition) is 0. The molecule has 0 unspecified atom stereocenters. The number of hydrogen-bond acceptors (Lipinski definition) is 7. The Labute approximate surface area is 154 Å². The minimum atomic E-state index is -0.783. The van der Waals surface area contributed by atoms with Crippen LogP contribution in [0, 0.1) is 23.7 Å². The van der Waals surface area contributed by atoms with Crippen LogP contribution in [0.3, 0.4) is 0 Å². The van der Waals surface area contributed by atoms with Crippen LogP contribution in [0.25, 0.3) is 0 Å². The minimum Gasteiger partial charge on any atom is -0.469 e. The molecular weight excluding hydrogens is 340 g/mol. The number of fused-ring (bicyclic) bond motifs is 2. The maximum Gasteiger partial charge on any atom is 0.307 e. The van der Waals surface area contributed by atoms with E-state index in [1.54, 1.807) is 0 Å². The van der Waals surface area contributed by atoms with Crippen LogP contribution in [0.2, 0.25) is 0 Å². The predicted molar refractivity (Wildman–Crippen MR) is 89.4 cm³/mol. The second kappa shape index (κ2) is 6.71. The monoisotopic (exact) mass is 370 g/mol. The van der Waals surface area contributed by atoms with Gasteiger partial charge in [0.2, 0.25) is 5.79 Å². The van der Waals surface area contributed by atoms with E-state index in [0.29, 0.717) is 11.8 Å². The topological polar surface area (TPSA) is 72.5 Å². The van der Waals surface area contributed by atoms with Crippen LogP contribution in [0.5, 0.6) is 0 Å². The smallest absolute Gasteiger partial charge is 0.307 e. The van der Waals surface area contributed by atoms with Crippen molar-refractivity contribution >= 4 is 5.97 Å². The van der Waals surface area contributed by atoms with Crippen molar-refractivity contribution < 1.29 is 33.5 Å². The van der Waals surface area contributed by atoms with Gasteiger partial charge in [-0.2, -0.15) is 0 Å². The maximum atomic E-state index is 11.4. The summed E-state index contributed by atoms with van der Waals surface area (Å²) in [6.07, 6.45) is 3.25. The van der Waals surface area contributed by atoms with E-state index in [4.69, 9.17) is 24.0 Å². The zero-order valence-corrected chi connectivity index (χ0v) is 16.1. The Bertz CT molecular complexity index is 554. The Kier molecular flexibility index (Phi) is 4.80. The van der Waals surface area contributed by atoms with Crippen molar-refractivity contribution in [3.63, 3.8) is 0 Å². The minimum absolute atomic E-state index is 0.119. The average Bonchev–Trinajstić information content (AvgIpc) is 2.85. The molecule has 26 heavy (non-hydrogen) atoms. The van der Waals surface area contributed by atoms with E-state index in [-0.39, 0.29) is 30.8 Å². The molecule has 0 N–H and O–H groups in total. The molecule has 0 aromatic rings. The van der Waals surface area contributed by atoms with Crippen molar-refractivity contribution in [1.82, 2.24) is 0 Å². The highest BCUT2D eigenvalue weighted by Gasteiger charge is 2.69. The molecule has 4 saturated heterocycles. The zero-order valence-electron chi connectivity index (χ0n) is 16.1. The highest BCUT2D eigenvalue weighted by Crippen LogP contribution is 2.60. The first-order chi connectivity index (χ1) is 12.4. The summed E-state index contributed by atoms with van der Waals surface area (Å²) < 4.78 is 23.1. The Morgan fingerprint density at radius 2 is 1.96 bits per heavy atom. The summed E-state index contributed by atoms with van der Waals surface area (Å²) in [4.78, 5) is 23.2. The van der Waals surface area contributed by atoms with E-state index < -0.39 is 24.0 Å². The number of methoxy groups -OCH3 is 1. The summed E-state index contributed by atoms with van der Waals surface area (Å²) in [7, 11) is 1.38. The molecule has 8 atom stereocenters. The molecule has 4 aliphatic heterocycles. The zero-order chi connectivity index (χ0) is 18.5. The lowest BCUT2D eigenvalue weighted by Gasteiger charge is -2.60. The maximum absolute atomic E-state index is 11.4. The number of esters is 1. The van der Waals surface area contributed by atoms with Gasteiger partial charge in [0, 0.05) is 18.3 Å².